The molecule has 0 radical (unpaired) electrons. The zero-order valence-corrected chi connectivity index (χ0v) is 32.6. The minimum Gasteiger partial charge on any atom is -0.308 e. The van der Waals surface area contributed by atoms with Crippen molar-refractivity contribution in [1.29, 1.82) is 5.26 Å². The minimum atomic E-state index is -1.98. The molecule has 0 spiro atoms. The lowest BCUT2D eigenvalue weighted by atomic mass is 9.72. The molecule has 0 saturated carbocycles. The van der Waals surface area contributed by atoms with Crippen molar-refractivity contribution in [1.82, 2.24) is 9.13 Å². The van der Waals surface area contributed by atoms with Gasteiger partial charge in [-0.2, -0.15) is 5.26 Å². The fourth-order valence-corrected chi connectivity index (χ4v) is 8.91. The SMILES string of the molecule is CC(C)(C)c1cc2c3c(c1)c1ccc(C(C)(C)C)cc1n3-c1cc(C#N)cc3c1C2(F)c1cc(C(C)(C)C)cc2c4ccc(C(C)(C)C)cc4n-3c12. The van der Waals surface area contributed by atoms with Crippen molar-refractivity contribution in [2.45, 2.75) is 110 Å². The van der Waals surface area contributed by atoms with Crippen molar-refractivity contribution in [3.63, 3.8) is 0 Å². The van der Waals surface area contributed by atoms with E-state index in [1.54, 1.807) is 0 Å². The first kappa shape index (κ1) is 33.0. The van der Waals surface area contributed by atoms with Gasteiger partial charge in [-0.3, -0.25) is 0 Å². The first-order valence-electron chi connectivity index (χ1n) is 18.7. The number of aromatic nitrogens is 2. The quantitative estimate of drug-likeness (QED) is 0.156. The minimum absolute atomic E-state index is 0.0838. The zero-order chi connectivity index (χ0) is 37.2. The van der Waals surface area contributed by atoms with E-state index in [2.05, 4.69) is 159 Å². The van der Waals surface area contributed by atoms with Crippen LogP contribution in [0.1, 0.15) is 128 Å². The van der Waals surface area contributed by atoms with Crippen LogP contribution in [0, 0.1) is 11.3 Å². The summed E-state index contributed by atoms with van der Waals surface area (Å²) in [6.45, 7) is 26.7. The van der Waals surface area contributed by atoms with Crippen LogP contribution in [0.2, 0.25) is 0 Å². The van der Waals surface area contributed by atoms with Gasteiger partial charge in [0.25, 0.3) is 0 Å². The molecule has 52 heavy (non-hydrogen) atoms. The van der Waals surface area contributed by atoms with E-state index in [4.69, 9.17) is 0 Å². The lowest BCUT2D eigenvalue weighted by molar-refractivity contribution is 0.277. The average molecular weight is 686 g/mol. The van der Waals surface area contributed by atoms with Crippen LogP contribution in [-0.4, -0.2) is 9.13 Å². The number of hydrogen-bond donors (Lipinski definition) is 0. The summed E-state index contributed by atoms with van der Waals surface area (Å²) in [6, 6.07) is 28.7. The predicted molar refractivity (Wildman–Crippen MR) is 216 cm³/mol. The second-order valence-electron chi connectivity index (χ2n) is 19.6. The largest absolute Gasteiger partial charge is 0.308 e. The van der Waals surface area contributed by atoms with Crippen LogP contribution < -0.4 is 0 Å². The maximum atomic E-state index is 20.0. The van der Waals surface area contributed by atoms with Crippen molar-refractivity contribution in [3.8, 4) is 17.4 Å². The van der Waals surface area contributed by atoms with Crippen LogP contribution in [0.3, 0.4) is 0 Å². The van der Waals surface area contributed by atoms with Crippen LogP contribution in [0.4, 0.5) is 4.39 Å². The highest BCUT2D eigenvalue weighted by Gasteiger charge is 2.51. The molecule has 4 heterocycles. The molecular weight excluding hydrogens is 638 g/mol. The van der Waals surface area contributed by atoms with Gasteiger partial charge in [0.15, 0.2) is 5.67 Å². The first-order valence-corrected chi connectivity index (χ1v) is 18.7. The molecule has 0 bridgehead atoms. The molecule has 0 aliphatic carbocycles. The highest BCUT2D eigenvalue weighted by Crippen LogP contribution is 2.59. The Morgan fingerprint density at radius 3 is 1.23 bits per heavy atom. The summed E-state index contributed by atoms with van der Waals surface area (Å²) in [5.74, 6) is 0. The Morgan fingerprint density at radius 2 is 0.885 bits per heavy atom. The topological polar surface area (TPSA) is 33.6 Å². The van der Waals surface area contributed by atoms with Crippen LogP contribution in [0.5, 0.6) is 0 Å². The third-order valence-electron chi connectivity index (χ3n) is 12.0. The maximum Gasteiger partial charge on any atom is 0.194 e. The molecule has 0 atom stereocenters. The normalized spacial score (nSPS) is 15.2. The standard InChI is InChI=1S/C48H48FN3/c1-44(2,3)27-13-15-31-33-19-29(46(7,8)9)21-35-42(33)51(37(31)23-27)39-17-26(25-50)18-40-41(39)48(35,49)36-22-30(47(10,11)12)20-34-32-16-14-28(45(4,5)6)24-38(32)52(40)43(34)36/h13-24H,1-12H3. The number of rotatable bonds is 0. The van der Waals surface area contributed by atoms with Gasteiger partial charge in [-0.25, -0.2) is 4.39 Å². The molecule has 262 valence electrons. The van der Waals surface area contributed by atoms with Gasteiger partial charge in [0.2, 0.25) is 0 Å². The summed E-state index contributed by atoms with van der Waals surface area (Å²) in [7, 11) is 0. The molecule has 7 aromatic rings. The van der Waals surface area contributed by atoms with Gasteiger partial charge in [0.05, 0.1) is 45.1 Å². The summed E-state index contributed by atoms with van der Waals surface area (Å²) in [5, 5.41) is 14.9. The van der Waals surface area contributed by atoms with E-state index in [1.807, 2.05) is 12.1 Å². The van der Waals surface area contributed by atoms with Crippen LogP contribution in [-0.2, 0) is 27.3 Å². The van der Waals surface area contributed by atoms with E-state index in [9.17, 15) is 5.26 Å². The molecule has 0 unspecified atom stereocenters. The van der Waals surface area contributed by atoms with Gasteiger partial charge in [-0.1, -0.05) is 107 Å². The van der Waals surface area contributed by atoms with Crippen molar-refractivity contribution in [2.24, 2.45) is 0 Å². The number of nitriles is 1. The van der Waals surface area contributed by atoms with Crippen molar-refractivity contribution < 1.29 is 4.39 Å². The lowest BCUT2D eigenvalue weighted by Gasteiger charge is -2.41. The molecule has 0 fully saturated rings. The van der Waals surface area contributed by atoms with Gasteiger partial charge < -0.3 is 9.13 Å². The summed E-state index contributed by atoms with van der Waals surface area (Å²) < 4.78 is 24.5. The van der Waals surface area contributed by atoms with E-state index >= 15 is 4.39 Å². The molecular formula is C48H48FN3. The van der Waals surface area contributed by atoms with Gasteiger partial charge in [0, 0.05) is 38.2 Å². The Balaban J connectivity index is 1.58. The second-order valence-corrected chi connectivity index (χ2v) is 19.6. The fraction of sp³-hybridized carbons (Fsp3) is 0.354. The smallest absolute Gasteiger partial charge is 0.194 e. The van der Waals surface area contributed by atoms with Gasteiger partial charge in [-0.05, 0) is 92.4 Å². The third kappa shape index (κ3) is 4.17. The van der Waals surface area contributed by atoms with E-state index in [0.717, 1.165) is 66.1 Å². The highest BCUT2D eigenvalue weighted by atomic mass is 19.1. The fourth-order valence-electron chi connectivity index (χ4n) is 8.91. The van der Waals surface area contributed by atoms with E-state index in [0.29, 0.717) is 22.3 Å². The monoisotopic (exact) mass is 685 g/mol. The third-order valence-corrected chi connectivity index (χ3v) is 12.0. The Bertz CT molecular complexity index is 2610. The Kier molecular flexibility index (Phi) is 6.19. The number of halogens is 1. The second kappa shape index (κ2) is 9.75. The average Bonchev–Trinajstić information content (AvgIpc) is 3.56. The van der Waals surface area contributed by atoms with E-state index < -0.39 is 5.67 Å². The molecule has 4 heteroatoms. The molecule has 9 rings (SSSR count). The summed E-state index contributed by atoms with van der Waals surface area (Å²) in [5.41, 5.74) is 9.90. The Labute approximate surface area is 306 Å². The lowest BCUT2D eigenvalue weighted by Crippen LogP contribution is -2.35. The molecule has 0 amide bonds. The number of nitrogens with zero attached hydrogens (tertiary/aromatic N) is 3. The summed E-state index contributed by atoms with van der Waals surface area (Å²) >= 11 is 0. The van der Waals surface area contributed by atoms with Crippen molar-refractivity contribution in [2.75, 3.05) is 0 Å². The van der Waals surface area contributed by atoms with E-state index in [1.165, 1.54) is 11.1 Å². The molecule has 2 aliphatic heterocycles. The zero-order valence-electron chi connectivity index (χ0n) is 32.6. The van der Waals surface area contributed by atoms with E-state index in [-0.39, 0.29) is 21.7 Å². The number of benzene rings is 5. The van der Waals surface area contributed by atoms with Gasteiger partial charge in [-0.15, -0.1) is 0 Å². The van der Waals surface area contributed by atoms with Gasteiger partial charge in [0.1, 0.15) is 0 Å². The molecule has 3 nitrogen and oxygen atoms in total. The van der Waals surface area contributed by atoms with Crippen LogP contribution in [0.15, 0.2) is 72.8 Å². The number of alkyl halides is 1. The summed E-state index contributed by atoms with van der Waals surface area (Å²) in [6.07, 6.45) is 0. The first-order chi connectivity index (χ1) is 24.1. The van der Waals surface area contributed by atoms with Crippen molar-refractivity contribution in [3.05, 3.63) is 117 Å². The Hall–Kier alpha value is -4.88. The number of fused-ring (bicyclic) bond motifs is 10. The predicted octanol–water partition coefficient (Wildman–Crippen LogP) is 12.8. The van der Waals surface area contributed by atoms with Crippen LogP contribution >= 0.6 is 0 Å². The molecule has 0 saturated heterocycles. The van der Waals surface area contributed by atoms with Gasteiger partial charge >= 0.3 is 0 Å². The molecule has 0 N–H and O–H groups in total. The van der Waals surface area contributed by atoms with Crippen molar-refractivity contribution >= 4 is 43.6 Å². The Morgan fingerprint density at radius 1 is 0.500 bits per heavy atom. The number of hydrogen-bond acceptors (Lipinski definition) is 1. The van der Waals surface area contributed by atoms with Crippen LogP contribution in [0.25, 0.3) is 55.0 Å². The molecule has 5 aromatic carbocycles. The molecule has 2 aliphatic rings. The maximum absolute atomic E-state index is 20.0. The summed E-state index contributed by atoms with van der Waals surface area (Å²) in [4.78, 5) is 0. The molecule has 2 aromatic heterocycles. The highest BCUT2D eigenvalue weighted by molar-refractivity contribution is 6.16.